The Bertz CT molecular complexity index is 801. The largest absolute Gasteiger partial charge is 0.457 e. The molecule has 0 bridgehead atoms. The van der Waals surface area contributed by atoms with Gasteiger partial charge in [-0.2, -0.15) is 0 Å². The number of aliphatic hydroxyl groups excluding tert-OH is 1. The standard InChI is InChI=1S/C22H29N3O4/c1-22(2,3)25(21(23)28)17(15-26)11-14-20(27)24-16-9-12-19(13-10-16)29-18-7-5-4-6-8-18/h4-10,12-13,17,26H,11,14-15H2,1-3H3,(H2,23,28)(H,24,27)/t17-/m0/s1. The topological polar surface area (TPSA) is 105 Å². The number of aliphatic hydroxyl groups is 1. The minimum Gasteiger partial charge on any atom is -0.457 e. The van der Waals surface area contributed by atoms with Crippen molar-refractivity contribution in [2.75, 3.05) is 11.9 Å². The summed E-state index contributed by atoms with van der Waals surface area (Å²) in [5.74, 6) is 1.19. The summed E-state index contributed by atoms with van der Waals surface area (Å²) in [6, 6.07) is 15.3. The van der Waals surface area contributed by atoms with Gasteiger partial charge in [0.15, 0.2) is 0 Å². The second-order valence-electron chi connectivity index (χ2n) is 7.74. The molecule has 0 aromatic heterocycles. The van der Waals surface area contributed by atoms with Gasteiger partial charge in [0.2, 0.25) is 5.91 Å². The smallest absolute Gasteiger partial charge is 0.315 e. The average Bonchev–Trinajstić information content (AvgIpc) is 2.66. The molecule has 0 aliphatic heterocycles. The number of hydrogen-bond donors (Lipinski definition) is 3. The zero-order valence-electron chi connectivity index (χ0n) is 17.1. The molecule has 1 atom stereocenters. The summed E-state index contributed by atoms with van der Waals surface area (Å²) in [7, 11) is 0. The summed E-state index contributed by atoms with van der Waals surface area (Å²) >= 11 is 0. The fourth-order valence-corrected chi connectivity index (χ4v) is 3.11. The van der Waals surface area contributed by atoms with E-state index in [2.05, 4.69) is 5.32 Å². The monoisotopic (exact) mass is 399 g/mol. The molecule has 156 valence electrons. The van der Waals surface area contributed by atoms with Gasteiger partial charge in [-0.3, -0.25) is 4.79 Å². The number of nitrogens with zero attached hydrogens (tertiary/aromatic N) is 1. The number of ether oxygens (including phenoxy) is 1. The number of urea groups is 1. The molecule has 0 radical (unpaired) electrons. The van der Waals surface area contributed by atoms with Crippen LogP contribution in [0.4, 0.5) is 10.5 Å². The zero-order chi connectivity index (χ0) is 21.4. The molecule has 2 rings (SSSR count). The molecule has 7 nitrogen and oxygen atoms in total. The number of hydrogen-bond acceptors (Lipinski definition) is 4. The predicted molar refractivity (Wildman–Crippen MR) is 113 cm³/mol. The van der Waals surface area contributed by atoms with Crippen LogP contribution in [0.15, 0.2) is 54.6 Å². The molecule has 3 amide bonds. The van der Waals surface area contributed by atoms with Gasteiger partial charge in [0.1, 0.15) is 11.5 Å². The molecule has 0 saturated carbocycles. The predicted octanol–water partition coefficient (Wildman–Crippen LogP) is 3.74. The first-order chi connectivity index (χ1) is 13.7. The van der Waals surface area contributed by atoms with Crippen LogP contribution < -0.4 is 15.8 Å². The summed E-state index contributed by atoms with van der Waals surface area (Å²) < 4.78 is 5.72. The fraction of sp³-hybridized carbons (Fsp3) is 0.364. The molecule has 2 aromatic rings. The van der Waals surface area contributed by atoms with Gasteiger partial charge >= 0.3 is 6.03 Å². The number of carbonyl (C=O) groups excluding carboxylic acids is 2. The summed E-state index contributed by atoms with van der Waals surface area (Å²) in [4.78, 5) is 25.5. The Morgan fingerprint density at radius 3 is 2.17 bits per heavy atom. The van der Waals surface area contributed by atoms with Crippen molar-refractivity contribution >= 4 is 17.6 Å². The average molecular weight is 399 g/mol. The zero-order valence-corrected chi connectivity index (χ0v) is 17.1. The van der Waals surface area contributed by atoms with E-state index in [4.69, 9.17) is 10.5 Å². The van der Waals surface area contributed by atoms with Crippen molar-refractivity contribution in [3.05, 3.63) is 54.6 Å². The lowest BCUT2D eigenvalue weighted by Gasteiger charge is -2.39. The third kappa shape index (κ3) is 6.80. The van der Waals surface area contributed by atoms with Crippen LogP contribution in [0.1, 0.15) is 33.6 Å². The quantitative estimate of drug-likeness (QED) is 0.629. The molecule has 2 aromatic carbocycles. The number of carbonyl (C=O) groups is 2. The number of para-hydroxylation sites is 1. The summed E-state index contributed by atoms with van der Waals surface area (Å²) in [5.41, 5.74) is 5.55. The van der Waals surface area contributed by atoms with Crippen LogP contribution in [0.5, 0.6) is 11.5 Å². The number of nitrogens with one attached hydrogen (secondary N) is 1. The number of nitrogens with two attached hydrogens (primary N) is 1. The fourth-order valence-electron chi connectivity index (χ4n) is 3.11. The first-order valence-corrected chi connectivity index (χ1v) is 9.53. The number of amides is 3. The van der Waals surface area contributed by atoms with E-state index in [1.807, 2.05) is 51.1 Å². The molecule has 29 heavy (non-hydrogen) atoms. The Balaban J connectivity index is 1.90. The van der Waals surface area contributed by atoms with Crippen molar-refractivity contribution in [2.45, 2.75) is 45.2 Å². The van der Waals surface area contributed by atoms with E-state index in [0.717, 1.165) is 5.75 Å². The molecule has 0 spiro atoms. The lowest BCUT2D eigenvalue weighted by Crippen LogP contribution is -2.55. The lowest BCUT2D eigenvalue weighted by molar-refractivity contribution is -0.116. The summed E-state index contributed by atoms with van der Waals surface area (Å²) in [6.45, 7) is 5.23. The van der Waals surface area contributed by atoms with E-state index in [0.29, 0.717) is 17.9 Å². The van der Waals surface area contributed by atoms with Crippen LogP contribution in [0, 0.1) is 0 Å². The van der Waals surface area contributed by atoms with Crippen molar-refractivity contribution < 1.29 is 19.4 Å². The molecule has 0 unspecified atom stereocenters. The second kappa shape index (κ2) is 9.93. The number of primary amides is 1. The van der Waals surface area contributed by atoms with Crippen LogP contribution >= 0.6 is 0 Å². The number of anilines is 1. The Labute approximate surface area is 171 Å². The SMILES string of the molecule is CC(C)(C)N(C(N)=O)[C@H](CO)CCC(=O)Nc1ccc(Oc2ccccc2)cc1. The molecule has 0 fully saturated rings. The summed E-state index contributed by atoms with van der Waals surface area (Å²) in [6.07, 6.45) is 0.450. The van der Waals surface area contributed by atoms with Gasteiger partial charge in [0.25, 0.3) is 0 Å². The van der Waals surface area contributed by atoms with E-state index in [9.17, 15) is 14.7 Å². The van der Waals surface area contributed by atoms with Crippen molar-refractivity contribution in [1.82, 2.24) is 4.90 Å². The minimum absolute atomic E-state index is 0.146. The second-order valence-corrected chi connectivity index (χ2v) is 7.74. The number of benzene rings is 2. The van der Waals surface area contributed by atoms with E-state index in [1.165, 1.54) is 4.90 Å². The highest BCUT2D eigenvalue weighted by Gasteiger charge is 2.31. The minimum atomic E-state index is -0.619. The lowest BCUT2D eigenvalue weighted by atomic mass is 10.0. The van der Waals surface area contributed by atoms with Crippen LogP contribution in [0.25, 0.3) is 0 Å². The molecular weight excluding hydrogens is 370 g/mol. The van der Waals surface area contributed by atoms with Crippen molar-refractivity contribution in [2.24, 2.45) is 5.73 Å². The van der Waals surface area contributed by atoms with Crippen molar-refractivity contribution in [3.63, 3.8) is 0 Å². The molecule has 0 saturated heterocycles. The van der Waals surface area contributed by atoms with Crippen LogP contribution in [-0.4, -0.2) is 40.1 Å². The Kier molecular flexibility index (Phi) is 7.61. The van der Waals surface area contributed by atoms with Gasteiger partial charge in [0.05, 0.1) is 12.6 Å². The Morgan fingerprint density at radius 2 is 1.66 bits per heavy atom. The molecule has 0 heterocycles. The van der Waals surface area contributed by atoms with E-state index in [-0.39, 0.29) is 18.9 Å². The first-order valence-electron chi connectivity index (χ1n) is 9.53. The van der Waals surface area contributed by atoms with Gasteiger partial charge < -0.3 is 25.8 Å². The molecule has 7 heteroatoms. The molecule has 0 aliphatic carbocycles. The van der Waals surface area contributed by atoms with Crippen LogP contribution in [0.3, 0.4) is 0 Å². The van der Waals surface area contributed by atoms with Crippen molar-refractivity contribution in [1.29, 1.82) is 0 Å². The third-order valence-electron chi connectivity index (χ3n) is 4.36. The van der Waals surface area contributed by atoms with Crippen LogP contribution in [0.2, 0.25) is 0 Å². The van der Waals surface area contributed by atoms with Gasteiger partial charge in [-0.1, -0.05) is 18.2 Å². The first kappa shape index (κ1) is 22.2. The maximum atomic E-state index is 12.3. The van der Waals surface area contributed by atoms with Crippen LogP contribution in [-0.2, 0) is 4.79 Å². The van der Waals surface area contributed by atoms with Gasteiger partial charge in [-0.05, 0) is 63.6 Å². The normalized spacial score (nSPS) is 12.1. The highest BCUT2D eigenvalue weighted by Crippen LogP contribution is 2.23. The molecule has 4 N–H and O–H groups in total. The van der Waals surface area contributed by atoms with E-state index < -0.39 is 17.6 Å². The van der Waals surface area contributed by atoms with Gasteiger partial charge in [-0.25, -0.2) is 4.79 Å². The molecular formula is C22H29N3O4. The van der Waals surface area contributed by atoms with E-state index in [1.54, 1.807) is 24.3 Å². The highest BCUT2D eigenvalue weighted by atomic mass is 16.5. The highest BCUT2D eigenvalue weighted by molar-refractivity contribution is 5.90. The number of rotatable bonds is 8. The maximum absolute atomic E-state index is 12.3. The Morgan fingerprint density at radius 1 is 1.07 bits per heavy atom. The third-order valence-corrected chi connectivity index (χ3v) is 4.36. The van der Waals surface area contributed by atoms with Gasteiger partial charge in [0, 0.05) is 17.6 Å². The van der Waals surface area contributed by atoms with Gasteiger partial charge in [-0.15, -0.1) is 0 Å². The van der Waals surface area contributed by atoms with Crippen molar-refractivity contribution in [3.8, 4) is 11.5 Å². The Hall–Kier alpha value is -3.06. The molecule has 0 aliphatic rings. The maximum Gasteiger partial charge on any atom is 0.315 e. The van der Waals surface area contributed by atoms with E-state index >= 15 is 0 Å². The summed E-state index contributed by atoms with van der Waals surface area (Å²) in [5, 5.41) is 12.5.